The molecule has 10 heteroatoms. The second-order valence-electron chi connectivity index (χ2n) is 3.59. The van der Waals surface area contributed by atoms with Gasteiger partial charge in [0.05, 0.1) is 4.92 Å². The monoisotopic (exact) mass is 307 g/mol. The summed E-state index contributed by atoms with van der Waals surface area (Å²) in [4.78, 5) is 24.8. The predicted octanol–water partition coefficient (Wildman–Crippen LogP) is 0.284. The summed E-state index contributed by atoms with van der Waals surface area (Å²) in [6, 6.07) is 5.29. The van der Waals surface area contributed by atoms with Gasteiger partial charge in [-0.3, -0.25) is 14.9 Å². The highest BCUT2D eigenvalue weighted by atomic mass is 35.5. The smallest absolute Gasteiger partial charge is 0.269 e. The number of ketones is 1. The van der Waals surface area contributed by atoms with E-state index in [-0.39, 0.29) is 12.1 Å². The number of carbonyl (C=O) groups is 1. The molecule has 19 heavy (non-hydrogen) atoms. The molecule has 0 atom stereocenters. The van der Waals surface area contributed by atoms with Crippen molar-refractivity contribution in [1.29, 1.82) is 0 Å². The van der Waals surface area contributed by atoms with Gasteiger partial charge in [0.15, 0.2) is 5.78 Å². The van der Waals surface area contributed by atoms with Crippen LogP contribution < -0.4 is 9.78 Å². The lowest BCUT2D eigenvalue weighted by Gasteiger charge is -2.03. The number of nitrogens with zero attached hydrogens (tertiary/aromatic N) is 1. The third kappa shape index (κ3) is 5.30. The van der Waals surface area contributed by atoms with E-state index in [9.17, 15) is 23.3 Å². The summed E-state index contributed by atoms with van der Waals surface area (Å²) >= 11 is 4.96. The lowest BCUT2D eigenvalue weighted by molar-refractivity contribution is -0.384. The molecule has 0 aromatic heterocycles. The van der Waals surface area contributed by atoms with Crippen molar-refractivity contribution in [2.24, 2.45) is 0 Å². The normalized spacial score (nSPS) is 11.2. The summed E-state index contributed by atoms with van der Waals surface area (Å²) in [5.74, 6) is -1.29. The topological polar surface area (TPSA) is 118 Å². The maximum atomic E-state index is 11.5. The molecule has 0 amide bonds. The van der Waals surface area contributed by atoms with E-state index in [1.165, 1.54) is 24.3 Å². The maximum absolute atomic E-state index is 11.5. The van der Waals surface area contributed by atoms with E-state index in [2.05, 4.69) is 0 Å². The van der Waals surface area contributed by atoms with Crippen LogP contribution >= 0.6 is 11.8 Å². The molecule has 0 spiro atoms. The molecule has 1 aromatic carbocycles. The number of benzene rings is 1. The molecular weight excluding hydrogens is 298 g/mol. The molecule has 0 fully saturated rings. The van der Waals surface area contributed by atoms with Crippen molar-refractivity contribution in [3.63, 3.8) is 0 Å². The summed E-state index contributed by atoms with van der Waals surface area (Å²) in [5.41, 5.74) is 0.390. The van der Waals surface area contributed by atoms with Gasteiger partial charge in [-0.15, -0.1) is 4.83 Å². The molecule has 0 bridgehead atoms. The number of nitrogens with one attached hydrogen (secondary N) is 2. The van der Waals surface area contributed by atoms with E-state index in [1.54, 1.807) is 9.78 Å². The van der Waals surface area contributed by atoms with E-state index in [4.69, 9.17) is 11.8 Å². The molecule has 104 valence electrons. The Morgan fingerprint density at radius 3 is 2.37 bits per heavy atom. The van der Waals surface area contributed by atoms with E-state index >= 15 is 0 Å². The van der Waals surface area contributed by atoms with Crippen LogP contribution in [-0.4, -0.2) is 24.9 Å². The Morgan fingerprint density at radius 1 is 1.32 bits per heavy atom. The van der Waals surface area contributed by atoms with E-state index < -0.39 is 26.5 Å². The number of Topliss-reactive ketones (excluding diaryl/α,β-unsaturated/α-hetero) is 1. The summed E-state index contributed by atoms with van der Waals surface area (Å²) < 4.78 is 22.4. The highest BCUT2D eigenvalue weighted by Gasteiger charge is 2.16. The van der Waals surface area contributed by atoms with Gasteiger partial charge >= 0.3 is 0 Å². The number of nitro groups is 1. The highest BCUT2D eigenvalue weighted by molar-refractivity contribution is 7.90. The quantitative estimate of drug-likeness (QED) is 0.424. The first-order valence-electron chi connectivity index (χ1n) is 4.94. The number of hydrogen-bond acceptors (Lipinski definition) is 6. The molecule has 1 aromatic rings. The van der Waals surface area contributed by atoms with Crippen molar-refractivity contribution < 1.29 is 18.1 Å². The Hall–Kier alpha value is -1.55. The molecule has 0 unspecified atom stereocenters. The predicted molar refractivity (Wildman–Crippen MR) is 67.7 cm³/mol. The fourth-order valence-corrected chi connectivity index (χ4v) is 2.39. The van der Waals surface area contributed by atoms with Gasteiger partial charge < -0.3 is 0 Å². The number of nitro benzene ring substituents is 1. The first-order valence-corrected chi connectivity index (χ1v) is 6.97. The number of rotatable bonds is 7. The van der Waals surface area contributed by atoms with Gasteiger partial charge in [-0.2, -0.15) is 4.94 Å². The zero-order valence-electron chi connectivity index (χ0n) is 9.50. The van der Waals surface area contributed by atoms with Crippen LogP contribution in [0.1, 0.15) is 5.56 Å². The number of non-ortho nitro benzene ring substituents is 1. The van der Waals surface area contributed by atoms with Crippen LogP contribution in [0.15, 0.2) is 24.3 Å². The lowest BCUT2D eigenvalue weighted by atomic mass is 10.1. The molecule has 0 heterocycles. The van der Waals surface area contributed by atoms with Gasteiger partial charge in [0.25, 0.3) is 5.69 Å². The standard InChI is InChI=1S/C9H10ClN3O5S/c10-11-12-19(17,18)6-9(14)5-7-1-3-8(4-2-7)13(15)16/h1-4,11-12H,5-6H2. The first kappa shape index (κ1) is 15.5. The van der Waals surface area contributed by atoms with E-state index in [1.807, 2.05) is 0 Å². The molecule has 0 aliphatic carbocycles. The Bertz CT molecular complexity index is 572. The fourth-order valence-electron chi connectivity index (χ4n) is 1.32. The Labute approximate surface area is 114 Å². The zero-order chi connectivity index (χ0) is 14.5. The van der Waals surface area contributed by atoms with Crippen molar-refractivity contribution in [3.8, 4) is 0 Å². The van der Waals surface area contributed by atoms with Crippen LogP contribution in [0.2, 0.25) is 0 Å². The van der Waals surface area contributed by atoms with Crippen LogP contribution in [0.3, 0.4) is 0 Å². The lowest BCUT2D eigenvalue weighted by Crippen LogP contribution is -2.35. The number of hydrogen-bond donors (Lipinski definition) is 2. The average Bonchev–Trinajstić information content (AvgIpc) is 2.28. The maximum Gasteiger partial charge on any atom is 0.269 e. The van der Waals surface area contributed by atoms with Crippen molar-refractivity contribution in [1.82, 2.24) is 9.78 Å². The van der Waals surface area contributed by atoms with Crippen molar-refractivity contribution in [2.45, 2.75) is 6.42 Å². The van der Waals surface area contributed by atoms with Crippen molar-refractivity contribution in [3.05, 3.63) is 39.9 Å². The molecule has 0 aliphatic rings. The minimum atomic E-state index is -3.82. The van der Waals surface area contributed by atoms with Crippen LogP contribution in [-0.2, 0) is 21.2 Å². The summed E-state index contributed by atoms with van der Waals surface area (Å²) in [6.45, 7) is 0. The van der Waals surface area contributed by atoms with Crippen LogP contribution in [0, 0.1) is 10.1 Å². The second kappa shape index (κ2) is 6.57. The third-order valence-corrected chi connectivity index (χ3v) is 3.42. The highest BCUT2D eigenvalue weighted by Crippen LogP contribution is 2.12. The molecular formula is C9H10ClN3O5S. The molecule has 0 saturated carbocycles. The Balaban J connectivity index is 2.65. The number of carbonyl (C=O) groups excluding carboxylic acids is 1. The third-order valence-electron chi connectivity index (χ3n) is 2.09. The molecule has 1 rings (SSSR count). The Kier molecular flexibility index (Phi) is 5.36. The summed E-state index contributed by atoms with van der Waals surface area (Å²) in [7, 11) is -3.82. The van der Waals surface area contributed by atoms with Crippen LogP contribution in [0.5, 0.6) is 0 Å². The molecule has 0 radical (unpaired) electrons. The van der Waals surface area contributed by atoms with Crippen molar-refractivity contribution in [2.75, 3.05) is 5.75 Å². The summed E-state index contributed by atoms with van der Waals surface area (Å²) in [6.07, 6.45) is -0.138. The first-order chi connectivity index (χ1) is 8.84. The van der Waals surface area contributed by atoms with Crippen molar-refractivity contribution >= 4 is 33.3 Å². The van der Waals surface area contributed by atoms with Gasteiger partial charge in [-0.1, -0.05) is 12.1 Å². The number of hydrazine groups is 1. The summed E-state index contributed by atoms with van der Waals surface area (Å²) in [5, 5.41) is 10.4. The zero-order valence-corrected chi connectivity index (χ0v) is 11.1. The van der Waals surface area contributed by atoms with E-state index in [0.717, 1.165) is 0 Å². The van der Waals surface area contributed by atoms with Gasteiger partial charge in [0.1, 0.15) is 5.75 Å². The average molecular weight is 308 g/mol. The number of sulfonamides is 1. The SMILES string of the molecule is O=C(Cc1ccc([N+](=O)[O-])cc1)CS(=O)(=O)NNCl. The van der Waals surface area contributed by atoms with Gasteiger partial charge in [-0.25, -0.2) is 8.42 Å². The molecule has 0 aliphatic heterocycles. The minimum Gasteiger partial charge on any atom is -0.298 e. The Morgan fingerprint density at radius 2 is 1.89 bits per heavy atom. The van der Waals surface area contributed by atoms with Gasteiger partial charge in [0, 0.05) is 18.6 Å². The van der Waals surface area contributed by atoms with Crippen LogP contribution in [0.25, 0.3) is 0 Å². The largest absolute Gasteiger partial charge is 0.298 e. The van der Waals surface area contributed by atoms with Crippen LogP contribution in [0.4, 0.5) is 5.69 Å². The van der Waals surface area contributed by atoms with Gasteiger partial charge in [-0.05, 0) is 17.3 Å². The number of halogens is 1. The van der Waals surface area contributed by atoms with Gasteiger partial charge in [0.2, 0.25) is 10.0 Å². The van der Waals surface area contributed by atoms with E-state index in [0.29, 0.717) is 5.56 Å². The molecule has 8 nitrogen and oxygen atoms in total. The fraction of sp³-hybridized carbons (Fsp3) is 0.222. The minimum absolute atomic E-state index is 0.100. The second-order valence-corrected chi connectivity index (χ2v) is 5.51. The molecule has 2 N–H and O–H groups in total. The molecule has 0 saturated heterocycles.